The first-order valence-corrected chi connectivity index (χ1v) is 17.5. The fourth-order valence-electron chi connectivity index (χ4n) is 6.48. The van der Waals surface area contributed by atoms with Gasteiger partial charge >= 0.3 is 6.03 Å². The third-order valence-electron chi connectivity index (χ3n) is 8.62. The fraction of sp³-hybridized carbons (Fsp3) is 0.417. The highest BCUT2D eigenvalue weighted by molar-refractivity contribution is 9.10. The van der Waals surface area contributed by atoms with E-state index in [2.05, 4.69) is 66.0 Å². The average Bonchev–Trinajstić information content (AvgIpc) is 3.49. The van der Waals surface area contributed by atoms with Crippen LogP contribution < -0.4 is 5.32 Å². The highest BCUT2D eigenvalue weighted by Gasteiger charge is 2.39. The summed E-state index contributed by atoms with van der Waals surface area (Å²) in [5.41, 5.74) is 5.45. The second-order valence-electron chi connectivity index (χ2n) is 13.4. The van der Waals surface area contributed by atoms with E-state index in [1.165, 1.54) is 16.7 Å². The normalized spacial score (nSPS) is 18.5. The Bertz CT molecular complexity index is 1590. The maximum absolute atomic E-state index is 13.8. The van der Waals surface area contributed by atoms with Crippen molar-refractivity contribution in [2.24, 2.45) is 0 Å². The summed E-state index contributed by atoms with van der Waals surface area (Å²) >= 11 is 10.2. The average molecular weight is 721 g/mol. The molecule has 2 aromatic heterocycles. The van der Waals surface area contributed by atoms with Crippen LogP contribution in [0, 0.1) is 0 Å². The number of piperazine rings is 1. The van der Waals surface area contributed by atoms with Crippen LogP contribution in [0.25, 0.3) is 0 Å². The van der Waals surface area contributed by atoms with Gasteiger partial charge in [-0.3, -0.25) is 19.6 Å². The molecule has 2 amide bonds. The summed E-state index contributed by atoms with van der Waals surface area (Å²) in [6.45, 7) is 9.79. The highest BCUT2D eigenvalue weighted by Crippen LogP contribution is 2.38. The minimum absolute atomic E-state index is 0.101. The Morgan fingerprint density at radius 2 is 1.91 bits per heavy atom. The SMILES string of the molecule is CC(C)(C)NC(=O)N1CCN([C@H]2c3ccc(Cl)cc3CCc3cc(Br)cnc32)C[C@@H]1ON(CCCn1ccnc1)Cc1ccccc1. The van der Waals surface area contributed by atoms with E-state index >= 15 is 0 Å². The van der Waals surface area contributed by atoms with Crippen molar-refractivity contribution in [1.82, 2.24) is 34.7 Å². The fourth-order valence-corrected chi connectivity index (χ4v) is 7.05. The molecule has 1 aliphatic carbocycles. The van der Waals surface area contributed by atoms with Gasteiger partial charge in [0, 0.05) is 72.9 Å². The summed E-state index contributed by atoms with van der Waals surface area (Å²) in [6, 6.07) is 18.5. The van der Waals surface area contributed by atoms with E-state index in [0.717, 1.165) is 46.6 Å². The Morgan fingerprint density at radius 3 is 2.68 bits per heavy atom. The van der Waals surface area contributed by atoms with Crippen molar-refractivity contribution < 1.29 is 9.63 Å². The summed E-state index contributed by atoms with van der Waals surface area (Å²) in [6.07, 6.45) is 9.58. The largest absolute Gasteiger partial charge is 0.337 e. The molecule has 2 aliphatic rings. The molecule has 47 heavy (non-hydrogen) atoms. The topological polar surface area (TPSA) is 78.8 Å². The number of amides is 2. The van der Waals surface area contributed by atoms with Crippen molar-refractivity contribution in [3.63, 3.8) is 0 Å². The Balaban J connectivity index is 1.32. The molecule has 1 fully saturated rings. The molecule has 9 nitrogen and oxygen atoms in total. The van der Waals surface area contributed by atoms with Gasteiger partial charge in [0.1, 0.15) is 0 Å². The second kappa shape index (κ2) is 14.9. The van der Waals surface area contributed by atoms with Crippen molar-refractivity contribution in [1.29, 1.82) is 0 Å². The van der Waals surface area contributed by atoms with Gasteiger partial charge in [0.05, 0.1) is 18.1 Å². The van der Waals surface area contributed by atoms with Crippen LogP contribution in [0.3, 0.4) is 0 Å². The number of fused-ring (bicyclic) bond motifs is 2. The number of carbonyl (C=O) groups is 1. The predicted octanol–water partition coefficient (Wildman–Crippen LogP) is 6.86. The van der Waals surface area contributed by atoms with E-state index in [9.17, 15) is 4.79 Å². The molecule has 0 spiro atoms. The van der Waals surface area contributed by atoms with Crippen LogP contribution in [0.1, 0.15) is 61.2 Å². The van der Waals surface area contributed by atoms with Crippen LogP contribution in [0.2, 0.25) is 5.02 Å². The molecular formula is C36H43BrClN7O2. The summed E-state index contributed by atoms with van der Waals surface area (Å²) < 4.78 is 3.04. The van der Waals surface area contributed by atoms with E-state index in [1.54, 1.807) is 6.20 Å². The number of nitrogens with zero attached hydrogens (tertiary/aromatic N) is 6. The number of hydrogen-bond acceptors (Lipinski definition) is 6. The van der Waals surface area contributed by atoms with E-state index in [4.69, 9.17) is 21.4 Å². The molecule has 0 radical (unpaired) electrons. The lowest BCUT2D eigenvalue weighted by Gasteiger charge is -2.45. The quantitative estimate of drug-likeness (QED) is 0.191. The van der Waals surface area contributed by atoms with E-state index in [1.807, 2.05) is 73.7 Å². The number of aryl methyl sites for hydroxylation is 3. The second-order valence-corrected chi connectivity index (χ2v) is 14.7. The van der Waals surface area contributed by atoms with Gasteiger partial charge in [-0.05, 0) is 96.4 Å². The van der Waals surface area contributed by atoms with Gasteiger partial charge in [0.25, 0.3) is 0 Å². The molecule has 2 atom stereocenters. The van der Waals surface area contributed by atoms with Gasteiger partial charge in [-0.15, -0.1) is 0 Å². The molecule has 0 saturated carbocycles. The lowest BCUT2D eigenvalue weighted by Crippen LogP contribution is -2.62. The van der Waals surface area contributed by atoms with Crippen molar-refractivity contribution in [2.45, 2.75) is 70.9 Å². The molecule has 1 saturated heterocycles. The highest BCUT2D eigenvalue weighted by atomic mass is 79.9. The van der Waals surface area contributed by atoms with Gasteiger partial charge in [0.15, 0.2) is 6.23 Å². The zero-order valence-corrected chi connectivity index (χ0v) is 29.6. The molecule has 2 aromatic carbocycles. The first-order valence-electron chi connectivity index (χ1n) is 16.3. The maximum atomic E-state index is 13.8. The number of hydrogen-bond donors (Lipinski definition) is 1. The van der Waals surface area contributed by atoms with Crippen LogP contribution in [0.5, 0.6) is 0 Å². The van der Waals surface area contributed by atoms with Crippen LogP contribution in [0.4, 0.5) is 4.79 Å². The zero-order valence-electron chi connectivity index (χ0n) is 27.3. The lowest BCUT2D eigenvalue weighted by molar-refractivity contribution is -0.250. The number of pyridine rings is 1. The van der Waals surface area contributed by atoms with E-state index in [-0.39, 0.29) is 17.6 Å². The smallest absolute Gasteiger partial charge is 0.319 e. The van der Waals surface area contributed by atoms with Crippen molar-refractivity contribution >= 4 is 33.6 Å². The number of imidazole rings is 1. The molecule has 0 bridgehead atoms. The third-order valence-corrected chi connectivity index (χ3v) is 9.29. The van der Waals surface area contributed by atoms with Crippen molar-refractivity contribution in [3.8, 4) is 0 Å². The summed E-state index contributed by atoms with van der Waals surface area (Å²) in [5, 5.41) is 5.93. The molecule has 0 unspecified atom stereocenters. The number of aromatic nitrogens is 3. The minimum atomic E-state index is -0.527. The number of nitrogens with one attached hydrogen (secondary N) is 1. The molecule has 3 heterocycles. The Morgan fingerprint density at radius 1 is 1.11 bits per heavy atom. The minimum Gasteiger partial charge on any atom is -0.337 e. The number of halogens is 2. The molecule has 1 N–H and O–H groups in total. The summed E-state index contributed by atoms with van der Waals surface area (Å²) in [7, 11) is 0. The molecule has 1 aliphatic heterocycles. The van der Waals surface area contributed by atoms with E-state index in [0.29, 0.717) is 32.7 Å². The molecule has 6 rings (SSSR count). The number of benzene rings is 2. The first-order chi connectivity index (χ1) is 22.6. The summed E-state index contributed by atoms with van der Waals surface area (Å²) in [4.78, 5) is 34.2. The van der Waals surface area contributed by atoms with Crippen LogP contribution >= 0.6 is 27.5 Å². The Hall–Kier alpha value is -3.28. The first kappa shape index (κ1) is 33.6. The Kier molecular flexibility index (Phi) is 10.6. The number of urea groups is 1. The molecular weight excluding hydrogens is 678 g/mol. The van der Waals surface area contributed by atoms with Crippen molar-refractivity contribution in [3.05, 3.63) is 117 Å². The lowest BCUT2D eigenvalue weighted by atomic mass is 9.96. The standard InChI is InChI=1S/C36H43BrClN7O2/c1-36(2,3)41-35(46)45-19-18-43(34-31-13-12-30(38)21-27(31)10-11-28-20-29(37)22-40-33(28)34)24-32(45)47-44(23-26-8-5-4-6-9-26)16-7-15-42-17-14-39-25-42/h4-6,8-9,12-14,17,20-22,25,32,34H,7,10-11,15-16,18-19,23-24H2,1-3H3,(H,41,46)/t32-,34-/m0/s1. The Labute approximate surface area is 291 Å². The van der Waals surface area contributed by atoms with Gasteiger partial charge in [0.2, 0.25) is 0 Å². The van der Waals surface area contributed by atoms with Crippen LogP contribution in [0.15, 0.2) is 84.0 Å². The van der Waals surface area contributed by atoms with Gasteiger partial charge < -0.3 is 9.88 Å². The zero-order chi connectivity index (χ0) is 33.0. The monoisotopic (exact) mass is 719 g/mol. The van der Waals surface area contributed by atoms with Gasteiger partial charge in [-0.25, -0.2) is 9.78 Å². The van der Waals surface area contributed by atoms with Crippen LogP contribution in [-0.2, 0) is 30.8 Å². The summed E-state index contributed by atoms with van der Waals surface area (Å²) in [5.74, 6) is 0. The predicted molar refractivity (Wildman–Crippen MR) is 188 cm³/mol. The van der Waals surface area contributed by atoms with E-state index < -0.39 is 6.23 Å². The van der Waals surface area contributed by atoms with Gasteiger partial charge in [-0.2, -0.15) is 5.06 Å². The maximum Gasteiger partial charge on any atom is 0.319 e. The molecule has 4 aromatic rings. The third kappa shape index (κ3) is 8.61. The van der Waals surface area contributed by atoms with Crippen LogP contribution in [-0.4, -0.2) is 73.4 Å². The van der Waals surface area contributed by atoms with Gasteiger partial charge in [-0.1, -0.05) is 48.0 Å². The van der Waals surface area contributed by atoms with Crippen molar-refractivity contribution in [2.75, 3.05) is 26.2 Å². The number of rotatable bonds is 9. The molecule has 11 heteroatoms. The molecule has 248 valence electrons. The number of hydroxylamine groups is 2. The number of carbonyl (C=O) groups excluding carboxylic acids is 1.